The molecule has 3 N–H and O–H groups in total. The molecule has 0 saturated carbocycles. The van der Waals surface area contributed by atoms with Gasteiger partial charge in [-0.2, -0.15) is 5.10 Å². The molecule has 0 aromatic carbocycles. The Morgan fingerprint density at radius 3 is 2.47 bits per heavy atom. The third-order valence-electron chi connectivity index (χ3n) is 2.99. The molecule has 5 nitrogen and oxygen atoms in total. The van der Waals surface area contributed by atoms with Gasteiger partial charge in [-0.05, 0) is 26.2 Å². The van der Waals surface area contributed by atoms with E-state index in [0.29, 0.717) is 17.3 Å². The van der Waals surface area contributed by atoms with Crippen molar-refractivity contribution >= 4 is 11.6 Å². The van der Waals surface area contributed by atoms with Crippen LogP contribution in [0.15, 0.2) is 0 Å². The third kappa shape index (κ3) is 2.99. The number of nitrogens with zero attached hydrogens (tertiary/aromatic N) is 2. The van der Waals surface area contributed by atoms with Crippen molar-refractivity contribution < 1.29 is 4.79 Å². The monoisotopic (exact) mass is 238 g/mol. The molecule has 0 aliphatic rings. The Bertz CT molecular complexity index is 397. The lowest BCUT2D eigenvalue weighted by Crippen LogP contribution is -2.36. The lowest BCUT2D eigenvalue weighted by atomic mass is 10.0. The van der Waals surface area contributed by atoms with Gasteiger partial charge in [0.1, 0.15) is 0 Å². The summed E-state index contributed by atoms with van der Waals surface area (Å²) in [7, 11) is 1.79. The highest BCUT2D eigenvalue weighted by atomic mass is 16.2. The number of carbonyl (C=O) groups excluding carboxylic acids is 1. The first kappa shape index (κ1) is 13.5. The molecule has 1 amide bonds. The molecule has 0 saturated heterocycles. The lowest BCUT2D eigenvalue weighted by Gasteiger charge is -2.25. The summed E-state index contributed by atoms with van der Waals surface area (Å²) in [5, 5.41) is 6.69. The number of rotatable bonds is 4. The molecule has 0 spiro atoms. The number of nitrogens with one attached hydrogen (secondary N) is 1. The summed E-state index contributed by atoms with van der Waals surface area (Å²) in [4.78, 5) is 13.9. The maximum atomic E-state index is 12.2. The van der Waals surface area contributed by atoms with Gasteiger partial charge in [0, 0.05) is 13.1 Å². The zero-order valence-corrected chi connectivity index (χ0v) is 11.2. The summed E-state index contributed by atoms with van der Waals surface area (Å²) in [5.41, 5.74) is 7.30. The smallest absolute Gasteiger partial charge is 0.276 e. The zero-order chi connectivity index (χ0) is 13.2. The molecular formula is C12H22N4O. The summed E-state index contributed by atoms with van der Waals surface area (Å²) in [6.45, 7) is 8.12. The van der Waals surface area contributed by atoms with Gasteiger partial charge in [-0.3, -0.25) is 9.89 Å². The van der Waals surface area contributed by atoms with Gasteiger partial charge in [0.05, 0.1) is 11.4 Å². The van der Waals surface area contributed by atoms with Gasteiger partial charge < -0.3 is 10.6 Å². The average molecular weight is 238 g/mol. The average Bonchev–Trinajstić information content (AvgIpc) is 2.57. The van der Waals surface area contributed by atoms with E-state index in [1.807, 2.05) is 6.92 Å². The summed E-state index contributed by atoms with van der Waals surface area (Å²) in [6.07, 6.45) is 0.964. The van der Waals surface area contributed by atoms with E-state index in [2.05, 4.69) is 24.0 Å². The fourth-order valence-corrected chi connectivity index (χ4v) is 1.81. The molecule has 0 radical (unpaired) electrons. The second kappa shape index (κ2) is 5.21. The van der Waals surface area contributed by atoms with Crippen LogP contribution >= 0.6 is 0 Å². The quantitative estimate of drug-likeness (QED) is 0.840. The number of aromatic amines is 1. The van der Waals surface area contributed by atoms with Crippen molar-refractivity contribution in [3.05, 3.63) is 11.4 Å². The number of anilines is 1. The Hall–Kier alpha value is -1.52. The molecule has 96 valence electrons. The third-order valence-corrected chi connectivity index (χ3v) is 2.99. The molecule has 1 aromatic heterocycles. The molecule has 17 heavy (non-hydrogen) atoms. The minimum absolute atomic E-state index is 0.125. The molecule has 1 unspecified atom stereocenters. The van der Waals surface area contributed by atoms with Crippen molar-refractivity contribution in [1.29, 1.82) is 0 Å². The van der Waals surface area contributed by atoms with Gasteiger partial charge in [-0.15, -0.1) is 0 Å². The predicted octanol–water partition coefficient (Wildman–Crippen LogP) is 1.81. The summed E-state index contributed by atoms with van der Waals surface area (Å²) in [6, 6.07) is 0.180. The molecule has 0 fully saturated rings. The first-order chi connectivity index (χ1) is 7.84. The van der Waals surface area contributed by atoms with Crippen molar-refractivity contribution in [2.75, 3.05) is 12.8 Å². The highest BCUT2D eigenvalue weighted by Crippen LogP contribution is 2.17. The Morgan fingerprint density at radius 2 is 2.06 bits per heavy atom. The molecule has 0 bridgehead atoms. The van der Waals surface area contributed by atoms with Crippen LogP contribution in [0.4, 0.5) is 5.69 Å². The number of carbonyl (C=O) groups is 1. The molecule has 1 aromatic rings. The van der Waals surface area contributed by atoms with E-state index in [9.17, 15) is 4.79 Å². The Labute approximate surface area is 102 Å². The van der Waals surface area contributed by atoms with E-state index in [-0.39, 0.29) is 11.9 Å². The maximum absolute atomic E-state index is 12.2. The van der Waals surface area contributed by atoms with Crippen LogP contribution in [0.2, 0.25) is 0 Å². The van der Waals surface area contributed by atoms with E-state index in [1.165, 1.54) is 0 Å². The predicted molar refractivity (Wildman–Crippen MR) is 68.7 cm³/mol. The first-order valence-electron chi connectivity index (χ1n) is 5.92. The number of hydrogen-bond acceptors (Lipinski definition) is 3. The fourth-order valence-electron chi connectivity index (χ4n) is 1.81. The van der Waals surface area contributed by atoms with Crippen LogP contribution in [-0.4, -0.2) is 34.1 Å². The Morgan fingerprint density at radius 1 is 1.47 bits per heavy atom. The second-order valence-corrected chi connectivity index (χ2v) is 5.01. The van der Waals surface area contributed by atoms with Crippen LogP contribution < -0.4 is 5.73 Å². The molecule has 0 aliphatic carbocycles. The fraction of sp³-hybridized carbons (Fsp3) is 0.667. The van der Waals surface area contributed by atoms with E-state index in [1.54, 1.807) is 18.9 Å². The molecular weight excluding hydrogens is 216 g/mol. The van der Waals surface area contributed by atoms with E-state index in [0.717, 1.165) is 12.1 Å². The van der Waals surface area contributed by atoms with Gasteiger partial charge >= 0.3 is 0 Å². The molecule has 5 heteroatoms. The van der Waals surface area contributed by atoms with Crippen LogP contribution in [0.3, 0.4) is 0 Å². The van der Waals surface area contributed by atoms with Gasteiger partial charge in [-0.1, -0.05) is 13.8 Å². The number of H-pyrrole nitrogens is 1. The SMILES string of the molecule is Cc1[nH]nc(C(=O)N(C)C(C)CC(C)C)c1N. The van der Waals surface area contributed by atoms with Gasteiger partial charge in [-0.25, -0.2) is 0 Å². The number of aryl methyl sites for hydroxylation is 1. The van der Waals surface area contributed by atoms with Crippen molar-refractivity contribution in [3.63, 3.8) is 0 Å². The van der Waals surface area contributed by atoms with Crippen molar-refractivity contribution in [2.24, 2.45) is 5.92 Å². The molecule has 1 atom stereocenters. The topological polar surface area (TPSA) is 75.0 Å². The van der Waals surface area contributed by atoms with Gasteiger partial charge in [0.25, 0.3) is 5.91 Å². The number of nitrogens with two attached hydrogens (primary N) is 1. The van der Waals surface area contributed by atoms with Crippen molar-refractivity contribution in [2.45, 2.75) is 40.2 Å². The van der Waals surface area contributed by atoms with Crippen LogP contribution in [0.1, 0.15) is 43.4 Å². The lowest BCUT2D eigenvalue weighted by molar-refractivity contribution is 0.0723. The summed E-state index contributed by atoms with van der Waals surface area (Å²) in [5.74, 6) is 0.429. The van der Waals surface area contributed by atoms with Gasteiger partial charge in [0.15, 0.2) is 5.69 Å². The van der Waals surface area contributed by atoms with E-state index in [4.69, 9.17) is 5.73 Å². The van der Waals surface area contributed by atoms with Crippen LogP contribution in [0.5, 0.6) is 0 Å². The second-order valence-electron chi connectivity index (χ2n) is 5.01. The molecule has 1 rings (SSSR count). The molecule has 0 aliphatic heterocycles. The summed E-state index contributed by atoms with van der Waals surface area (Å²) < 4.78 is 0. The normalized spacial score (nSPS) is 12.8. The summed E-state index contributed by atoms with van der Waals surface area (Å²) >= 11 is 0. The van der Waals surface area contributed by atoms with Crippen LogP contribution in [0.25, 0.3) is 0 Å². The zero-order valence-electron chi connectivity index (χ0n) is 11.2. The largest absolute Gasteiger partial charge is 0.395 e. The number of aromatic nitrogens is 2. The van der Waals surface area contributed by atoms with E-state index >= 15 is 0 Å². The minimum Gasteiger partial charge on any atom is -0.395 e. The van der Waals surface area contributed by atoms with Crippen molar-refractivity contribution in [3.8, 4) is 0 Å². The highest BCUT2D eigenvalue weighted by Gasteiger charge is 2.23. The first-order valence-corrected chi connectivity index (χ1v) is 5.92. The highest BCUT2D eigenvalue weighted by molar-refractivity contribution is 5.97. The minimum atomic E-state index is -0.125. The van der Waals surface area contributed by atoms with Crippen LogP contribution in [0, 0.1) is 12.8 Å². The Balaban J connectivity index is 2.79. The van der Waals surface area contributed by atoms with Crippen molar-refractivity contribution in [1.82, 2.24) is 15.1 Å². The Kier molecular flexibility index (Phi) is 4.15. The molecule has 1 heterocycles. The maximum Gasteiger partial charge on any atom is 0.276 e. The standard InChI is InChI=1S/C12H22N4O/c1-7(2)6-8(3)16(5)12(17)11-10(13)9(4)14-15-11/h7-8H,6,13H2,1-5H3,(H,14,15). The van der Waals surface area contributed by atoms with Gasteiger partial charge in [0.2, 0.25) is 0 Å². The number of hydrogen-bond donors (Lipinski definition) is 2. The van der Waals surface area contributed by atoms with Crippen LogP contribution in [-0.2, 0) is 0 Å². The van der Waals surface area contributed by atoms with E-state index < -0.39 is 0 Å². The number of nitrogen functional groups attached to an aromatic ring is 1. The number of amides is 1.